The second-order valence-corrected chi connectivity index (χ2v) is 10.3. The van der Waals surface area contributed by atoms with Gasteiger partial charge in [0.25, 0.3) is 0 Å². The highest BCUT2D eigenvalue weighted by atomic mass is 32.2. The number of methoxy groups -OCH3 is 1. The van der Waals surface area contributed by atoms with Gasteiger partial charge in [0, 0.05) is 32.1 Å². The molecule has 4 rings (SSSR count). The normalized spacial score (nSPS) is 16.9. The number of carbonyl (C=O) groups is 1. The largest absolute Gasteiger partial charge is 0.497 e. The van der Waals surface area contributed by atoms with Crippen molar-refractivity contribution in [3.8, 4) is 17.1 Å². The zero-order valence-electron chi connectivity index (χ0n) is 19.4. The standard InChI is InChI=1S/C24H28N4O5S/c1-16-9-10-19(23-26-17(2)33-27-23)13-22(16)34(30,31)28-11-5-7-20(15-28)24(29)25-14-18-6-4-8-21(12-18)32-3/h4,6,8-10,12-13,20H,5,7,11,14-15H2,1-3H3,(H,25,29)/t20-/m1/s1. The van der Waals surface area contributed by atoms with E-state index in [1.54, 1.807) is 39.2 Å². The van der Waals surface area contributed by atoms with Crippen LogP contribution in [-0.4, -0.2) is 49.0 Å². The monoisotopic (exact) mass is 484 g/mol. The molecule has 1 fully saturated rings. The molecular weight excluding hydrogens is 456 g/mol. The van der Waals surface area contributed by atoms with Gasteiger partial charge in [0.05, 0.1) is 17.9 Å². The molecule has 1 N–H and O–H groups in total. The Balaban J connectivity index is 1.48. The third-order valence-electron chi connectivity index (χ3n) is 5.95. The molecule has 2 heterocycles. The van der Waals surface area contributed by atoms with E-state index < -0.39 is 15.9 Å². The van der Waals surface area contributed by atoms with E-state index in [2.05, 4.69) is 15.5 Å². The molecule has 0 bridgehead atoms. The maximum absolute atomic E-state index is 13.5. The predicted molar refractivity (Wildman–Crippen MR) is 126 cm³/mol. The molecule has 34 heavy (non-hydrogen) atoms. The van der Waals surface area contributed by atoms with Crippen LogP contribution in [0.1, 0.15) is 29.9 Å². The molecule has 9 nitrogen and oxygen atoms in total. The van der Waals surface area contributed by atoms with Gasteiger partial charge >= 0.3 is 0 Å². The van der Waals surface area contributed by atoms with Crippen molar-refractivity contribution in [2.75, 3.05) is 20.2 Å². The lowest BCUT2D eigenvalue weighted by atomic mass is 9.99. The molecule has 0 aliphatic carbocycles. The highest BCUT2D eigenvalue weighted by molar-refractivity contribution is 7.89. The second-order valence-electron chi connectivity index (χ2n) is 8.39. The SMILES string of the molecule is COc1cccc(CNC(=O)[C@@H]2CCCN(S(=O)(=O)c3cc(-c4noc(C)n4)ccc3C)C2)c1. The van der Waals surface area contributed by atoms with Gasteiger partial charge in [-0.1, -0.05) is 29.4 Å². The lowest BCUT2D eigenvalue weighted by Gasteiger charge is -2.31. The summed E-state index contributed by atoms with van der Waals surface area (Å²) in [5.74, 6) is 0.879. The van der Waals surface area contributed by atoms with Crippen LogP contribution >= 0.6 is 0 Å². The number of nitrogens with zero attached hydrogens (tertiary/aromatic N) is 3. The predicted octanol–water partition coefficient (Wildman–Crippen LogP) is 3.08. The molecular formula is C24H28N4O5S. The Morgan fingerprint density at radius 1 is 1.24 bits per heavy atom. The van der Waals surface area contributed by atoms with Crippen molar-refractivity contribution in [1.29, 1.82) is 0 Å². The van der Waals surface area contributed by atoms with Crippen LogP contribution in [0.2, 0.25) is 0 Å². The Hall–Kier alpha value is -3.24. The summed E-state index contributed by atoms with van der Waals surface area (Å²) in [6, 6.07) is 12.5. The van der Waals surface area contributed by atoms with Crippen molar-refractivity contribution in [1.82, 2.24) is 19.8 Å². The number of carbonyl (C=O) groups excluding carboxylic acids is 1. The summed E-state index contributed by atoms with van der Waals surface area (Å²) in [4.78, 5) is 17.2. The maximum atomic E-state index is 13.5. The Bertz CT molecular complexity index is 1290. The Labute approximate surface area is 199 Å². The number of rotatable bonds is 7. The third kappa shape index (κ3) is 5.13. The maximum Gasteiger partial charge on any atom is 0.243 e. The van der Waals surface area contributed by atoms with E-state index in [-0.39, 0.29) is 17.3 Å². The number of aryl methyl sites for hydroxylation is 2. The first-order chi connectivity index (χ1) is 16.3. The number of piperidine rings is 1. The quantitative estimate of drug-likeness (QED) is 0.548. The first-order valence-corrected chi connectivity index (χ1v) is 12.5. The van der Waals surface area contributed by atoms with Gasteiger partial charge in [-0.15, -0.1) is 0 Å². The van der Waals surface area contributed by atoms with Gasteiger partial charge in [0.1, 0.15) is 5.75 Å². The van der Waals surface area contributed by atoms with Gasteiger partial charge in [0.2, 0.25) is 27.6 Å². The van der Waals surface area contributed by atoms with Crippen LogP contribution < -0.4 is 10.1 Å². The first-order valence-electron chi connectivity index (χ1n) is 11.1. The molecule has 1 aromatic heterocycles. The molecule has 0 saturated carbocycles. The van der Waals surface area contributed by atoms with Crippen molar-refractivity contribution in [2.24, 2.45) is 5.92 Å². The number of hydrogen-bond acceptors (Lipinski definition) is 7. The average molecular weight is 485 g/mol. The van der Waals surface area contributed by atoms with Crippen LogP contribution in [0.15, 0.2) is 51.9 Å². The summed E-state index contributed by atoms with van der Waals surface area (Å²) in [7, 11) is -2.22. The molecule has 1 aliphatic rings. The molecule has 180 valence electrons. The molecule has 0 spiro atoms. The van der Waals surface area contributed by atoms with Gasteiger partial charge in [-0.05, 0) is 49.1 Å². The number of nitrogens with one attached hydrogen (secondary N) is 1. The number of benzene rings is 2. The van der Waals surface area contributed by atoms with Crippen LogP contribution in [0.3, 0.4) is 0 Å². The summed E-state index contributed by atoms with van der Waals surface area (Å²) < 4.78 is 38.7. The Morgan fingerprint density at radius 3 is 2.79 bits per heavy atom. The van der Waals surface area contributed by atoms with Gasteiger partial charge in [-0.3, -0.25) is 4.79 Å². The number of aromatic nitrogens is 2. The minimum absolute atomic E-state index is 0.136. The van der Waals surface area contributed by atoms with Crippen LogP contribution in [0, 0.1) is 19.8 Å². The van der Waals surface area contributed by atoms with E-state index in [9.17, 15) is 13.2 Å². The van der Waals surface area contributed by atoms with E-state index in [4.69, 9.17) is 9.26 Å². The molecule has 1 atom stereocenters. The van der Waals surface area contributed by atoms with Crippen molar-refractivity contribution < 1.29 is 22.5 Å². The number of amides is 1. The van der Waals surface area contributed by atoms with E-state index in [0.29, 0.717) is 48.8 Å². The zero-order chi connectivity index (χ0) is 24.3. The summed E-state index contributed by atoms with van der Waals surface area (Å²) in [6.45, 7) is 4.28. The molecule has 2 aromatic carbocycles. The summed E-state index contributed by atoms with van der Waals surface area (Å²) >= 11 is 0. The number of sulfonamides is 1. The fourth-order valence-electron chi connectivity index (χ4n) is 4.06. The van der Waals surface area contributed by atoms with E-state index in [0.717, 1.165) is 11.3 Å². The number of hydrogen-bond donors (Lipinski definition) is 1. The smallest absolute Gasteiger partial charge is 0.243 e. The minimum atomic E-state index is -3.81. The summed E-state index contributed by atoms with van der Waals surface area (Å²) in [5, 5.41) is 6.82. The Kier molecular flexibility index (Phi) is 6.99. The topological polar surface area (TPSA) is 115 Å². The van der Waals surface area contributed by atoms with Gasteiger partial charge in [0.15, 0.2) is 0 Å². The van der Waals surface area contributed by atoms with E-state index in [1.807, 2.05) is 24.3 Å². The fraction of sp³-hybridized carbons (Fsp3) is 0.375. The second kappa shape index (κ2) is 9.94. The highest BCUT2D eigenvalue weighted by Gasteiger charge is 2.34. The lowest BCUT2D eigenvalue weighted by molar-refractivity contribution is -0.126. The fourth-order valence-corrected chi connectivity index (χ4v) is 5.84. The number of ether oxygens (including phenoxy) is 1. The van der Waals surface area contributed by atoms with Crippen molar-refractivity contribution in [2.45, 2.75) is 38.1 Å². The van der Waals surface area contributed by atoms with Crippen LogP contribution in [0.4, 0.5) is 0 Å². The molecule has 0 radical (unpaired) electrons. The van der Waals surface area contributed by atoms with Crippen LogP contribution in [0.25, 0.3) is 11.4 Å². The van der Waals surface area contributed by atoms with Crippen LogP contribution in [-0.2, 0) is 21.4 Å². The molecule has 1 aliphatic heterocycles. The highest BCUT2D eigenvalue weighted by Crippen LogP contribution is 2.29. The minimum Gasteiger partial charge on any atom is -0.497 e. The molecule has 1 amide bonds. The van der Waals surface area contributed by atoms with E-state index in [1.165, 1.54) is 4.31 Å². The van der Waals surface area contributed by atoms with Crippen LogP contribution in [0.5, 0.6) is 5.75 Å². The molecule has 10 heteroatoms. The molecule has 3 aromatic rings. The van der Waals surface area contributed by atoms with Gasteiger partial charge < -0.3 is 14.6 Å². The van der Waals surface area contributed by atoms with Gasteiger partial charge in [-0.2, -0.15) is 9.29 Å². The third-order valence-corrected chi connectivity index (χ3v) is 7.95. The molecule has 0 unspecified atom stereocenters. The van der Waals surface area contributed by atoms with Gasteiger partial charge in [-0.25, -0.2) is 8.42 Å². The lowest BCUT2D eigenvalue weighted by Crippen LogP contribution is -2.45. The van der Waals surface area contributed by atoms with Crippen molar-refractivity contribution >= 4 is 15.9 Å². The van der Waals surface area contributed by atoms with Crippen molar-refractivity contribution in [3.63, 3.8) is 0 Å². The van der Waals surface area contributed by atoms with Crippen molar-refractivity contribution in [3.05, 3.63) is 59.5 Å². The average Bonchev–Trinajstić information content (AvgIpc) is 3.29. The Morgan fingerprint density at radius 2 is 2.06 bits per heavy atom. The first kappa shape index (κ1) is 23.9. The summed E-state index contributed by atoms with van der Waals surface area (Å²) in [5.41, 5.74) is 2.09. The molecule has 1 saturated heterocycles. The zero-order valence-corrected chi connectivity index (χ0v) is 20.3. The van der Waals surface area contributed by atoms with E-state index >= 15 is 0 Å². The summed E-state index contributed by atoms with van der Waals surface area (Å²) in [6.07, 6.45) is 1.25.